The average molecular weight is 296 g/mol. The summed E-state index contributed by atoms with van der Waals surface area (Å²) in [6.07, 6.45) is 2.92. The highest BCUT2D eigenvalue weighted by atomic mass is 32.2. The van der Waals surface area contributed by atoms with E-state index in [0.29, 0.717) is 35.2 Å². The molecule has 0 heterocycles. The maximum Gasteiger partial charge on any atom is 0.288 e. The predicted molar refractivity (Wildman–Crippen MR) is 73.4 cm³/mol. The molecule has 6 heteroatoms. The molecule has 1 aromatic carbocycles. The van der Waals surface area contributed by atoms with Gasteiger partial charge >= 0.3 is 0 Å². The molecule has 0 spiro atoms. The first-order valence-corrected chi connectivity index (χ1v) is 7.21. The van der Waals surface area contributed by atoms with Crippen molar-refractivity contribution >= 4 is 23.4 Å². The molecule has 0 saturated heterocycles. The summed E-state index contributed by atoms with van der Waals surface area (Å²) in [5.41, 5.74) is -0.411. The van der Waals surface area contributed by atoms with Gasteiger partial charge in [0.05, 0.1) is 6.07 Å². The highest BCUT2D eigenvalue weighted by Gasteiger charge is 2.41. The minimum atomic E-state index is -2.46. The zero-order valence-electron chi connectivity index (χ0n) is 10.7. The molecule has 1 saturated carbocycles. The van der Waals surface area contributed by atoms with Crippen LogP contribution >= 0.6 is 11.8 Å². The first-order valence-electron chi connectivity index (χ1n) is 6.33. The van der Waals surface area contributed by atoms with Crippen LogP contribution in [0.1, 0.15) is 25.7 Å². The Kier molecular flexibility index (Phi) is 4.61. The molecule has 0 aliphatic heterocycles. The Labute approximate surface area is 120 Å². The maximum absolute atomic E-state index is 12.2. The van der Waals surface area contributed by atoms with E-state index in [0.717, 1.165) is 12.8 Å². The second kappa shape index (κ2) is 6.23. The number of carbonyl (C=O) groups is 1. The molecular weight excluding hydrogens is 282 g/mol. The predicted octanol–water partition coefficient (Wildman–Crippen LogP) is 4.02. The molecule has 0 radical (unpaired) electrons. The number of carbonyl (C=O) groups excluding carboxylic acids is 1. The van der Waals surface area contributed by atoms with Crippen LogP contribution in [0.15, 0.2) is 29.2 Å². The van der Waals surface area contributed by atoms with Gasteiger partial charge in [-0.3, -0.25) is 4.79 Å². The number of anilines is 1. The fourth-order valence-corrected chi connectivity index (χ4v) is 2.84. The lowest BCUT2D eigenvalue weighted by Crippen LogP contribution is -2.32. The van der Waals surface area contributed by atoms with Gasteiger partial charge in [0, 0.05) is 10.6 Å². The summed E-state index contributed by atoms with van der Waals surface area (Å²) in [5, 5.41) is 11.9. The molecule has 1 N–H and O–H groups in total. The molecule has 1 aromatic rings. The highest BCUT2D eigenvalue weighted by molar-refractivity contribution is 7.99. The number of benzene rings is 1. The smallest absolute Gasteiger partial charge is 0.288 e. The molecule has 1 fully saturated rings. The SMILES string of the molecule is N#CC1(C(=O)Nc2ccc(SC(F)F)cc2)CCCC1. The average Bonchev–Trinajstić information content (AvgIpc) is 2.90. The fraction of sp³-hybridized carbons (Fsp3) is 0.429. The van der Waals surface area contributed by atoms with Gasteiger partial charge in [0.2, 0.25) is 5.91 Å². The lowest BCUT2D eigenvalue weighted by Gasteiger charge is -2.19. The molecule has 1 amide bonds. The summed E-state index contributed by atoms with van der Waals surface area (Å²) >= 11 is 0.457. The number of nitrogens with one attached hydrogen (secondary N) is 1. The second-order valence-corrected chi connectivity index (χ2v) is 5.82. The molecule has 1 aliphatic carbocycles. The van der Waals surface area contributed by atoms with E-state index in [1.165, 1.54) is 12.1 Å². The van der Waals surface area contributed by atoms with E-state index in [1.807, 2.05) is 0 Å². The van der Waals surface area contributed by atoms with Crippen molar-refractivity contribution < 1.29 is 13.6 Å². The van der Waals surface area contributed by atoms with Gasteiger partial charge in [0.25, 0.3) is 5.76 Å². The van der Waals surface area contributed by atoms with Crippen LogP contribution in [0.4, 0.5) is 14.5 Å². The molecule has 0 unspecified atom stereocenters. The minimum absolute atomic E-state index is 0.299. The third kappa shape index (κ3) is 3.28. The first kappa shape index (κ1) is 14.8. The summed E-state index contributed by atoms with van der Waals surface area (Å²) in [7, 11) is 0. The van der Waals surface area contributed by atoms with Crippen molar-refractivity contribution in [3.63, 3.8) is 0 Å². The van der Waals surface area contributed by atoms with Gasteiger partial charge < -0.3 is 5.32 Å². The van der Waals surface area contributed by atoms with Gasteiger partial charge in [-0.05, 0) is 37.1 Å². The van der Waals surface area contributed by atoms with Crippen LogP contribution in [0.25, 0.3) is 0 Å². The number of alkyl halides is 2. The molecule has 3 nitrogen and oxygen atoms in total. The summed E-state index contributed by atoms with van der Waals surface area (Å²) < 4.78 is 24.4. The molecule has 1 aliphatic rings. The van der Waals surface area contributed by atoms with Crippen LogP contribution in [0.3, 0.4) is 0 Å². The van der Waals surface area contributed by atoms with E-state index < -0.39 is 11.2 Å². The summed E-state index contributed by atoms with van der Waals surface area (Å²) in [4.78, 5) is 12.6. The van der Waals surface area contributed by atoms with Crippen molar-refractivity contribution in [2.75, 3.05) is 5.32 Å². The Bertz CT molecular complexity index is 519. The fourth-order valence-electron chi connectivity index (χ4n) is 2.34. The zero-order valence-corrected chi connectivity index (χ0v) is 11.6. The van der Waals surface area contributed by atoms with Gasteiger partial charge in [0.15, 0.2) is 0 Å². The quantitative estimate of drug-likeness (QED) is 0.854. The third-order valence-electron chi connectivity index (χ3n) is 3.44. The Hall–Kier alpha value is -1.61. The largest absolute Gasteiger partial charge is 0.325 e. The molecule has 0 atom stereocenters. The first-order chi connectivity index (χ1) is 9.55. The molecular formula is C14H14F2N2OS. The van der Waals surface area contributed by atoms with E-state index in [1.54, 1.807) is 12.1 Å². The van der Waals surface area contributed by atoms with Crippen LogP contribution in [-0.2, 0) is 4.79 Å². The van der Waals surface area contributed by atoms with Gasteiger partial charge in [0.1, 0.15) is 5.41 Å². The number of rotatable bonds is 4. The van der Waals surface area contributed by atoms with Gasteiger partial charge in [-0.2, -0.15) is 14.0 Å². The maximum atomic E-state index is 12.2. The molecule has 20 heavy (non-hydrogen) atoms. The van der Waals surface area contributed by atoms with Gasteiger partial charge in [-0.15, -0.1) is 0 Å². The lowest BCUT2D eigenvalue weighted by molar-refractivity contribution is -0.122. The lowest BCUT2D eigenvalue weighted by atomic mass is 9.87. The van der Waals surface area contributed by atoms with Gasteiger partial charge in [-0.1, -0.05) is 24.6 Å². The number of amides is 1. The highest BCUT2D eigenvalue weighted by Crippen LogP contribution is 2.38. The second-order valence-electron chi connectivity index (χ2n) is 4.76. The molecule has 2 rings (SSSR count). The molecule has 106 valence electrons. The molecule has 0 aromatic heterocycles. The Morgan fingerprint density at radius 1 is 1.30 bits per heavy atom. The number of hydrogen-bond donors (Lipinski definition) is 1. The van der Waals surface area contributed by atoms with Crippen molar-refractivity contribution in [1.82, 2.24) is 0 Å². The zero-order chi connectivity index (χ0) is 14.6. The van der Waals surface area contributed by atoms with Crippen LogP contribution in [0.2, 0.25) is 0 Å². The van der Waals surface area contributed by atoms with Crippen LogP contribution < -0.4 is 5.32 Å². The standard InChI is InChI=1S/C14H14F2N2OS/c15-13(16)20-11-5-3-10(4-6-11)18-12(19)14(9-17)7-1-2-8-14/h3-6,13H,1-2,7-8H2,(H,18,19). The summed E-state index contributed by atoms with van der Waals surface area (Å²) in [6, 6.07) is 8.32. The Balaban J connectivity index is 2.03. The summed E-state index contributed by atoms with van der Waals surface area (Å²) in [5.74, 6) is -2.76. The third-order valence-corrected chi connectivity index (χ3v) is 4.17. The van der Waals surface area contributed by atoms with Crippen molar-refractivity contribution in [1.29, 1.82) is 5.26 Å². The van der Waals surface area contributed by atoms with Crippen LogP contribution in [0, 0.1) is 16.7 Å². The molecule has 0 bridgehead atoms. The van der Waals surface area contributed by atoms with E-state index in [9.17, 15) is 18.8 Å². The number of thioether (sulfide) groups is 1. The van der Waals surface area contributed by atoms with Gasteiger partial charge in [-0.25, -0.2) is 0 Å². The van der Waals surface area contributed by atoms with Crippen molar-refractivity contribution in [3.05, 3.63) is 24.3 Å². The number of halogens is 2. The van der Waals surface area contributed by atoms with Crippen molar-refractivity contribution in [3.8, 4) is 6.07 Å². The monoisotopic (exact) mass is 296 g/mol. The number of nitriles is 1. The Morgan fingerprint density at radius 3 is 2.40 bits per heavy atom. The van der Waals surface area contributed by atoms with Crippen molar-refractivity contribution in [2.24, 2.45) is 5.41 Å². The van der Waals surface area contributed by atoms with Crippen molar-refractivity contribution in [2.45, 2.75) is 36.3 Å². The van der Waals surface area contributed by atoms with E-state index >= 15 is 0 Å². The number of nitrogens with zero attached hydrogens (tertiary/aromatic N) is 1. The van der Waals surface area contributed by atoms with E-state index in [2.05, 4.69) is 11.4 Å². The number of hydrogen-bond acceptors (Lipinski definition) is 3. The Morgan fingerprint density at radius 2 is 1.90 bits per heavy atom. The van der Waals surface area contributed by atoms with E-state index in [4.69, 9.17) is 0 Å². The summed E-state index contributed by atoms with van der Waals surface area (Å²) in [6.45, 7) is 0. The van der Waals surface area contributed by atoms with Crippen LogP contribution in [-0.4, -0.2) is 11.7 Å². The van der Waals surface area contributed by atoms with Crippen LogP contribution in [0.5, 0.6) is 0 Å². The normalized spacial score (nSPS) is 16.9. The van der Waals surface area contributed by atoms with E-state index in [-0.39, 0.29) is 5.91 Å². The minimum Gasteiger partial charge on any atom is -0.325 e. The topological polar surface area (TPSA) is 52.9 Å².